The molecule has 1 rings (SSSR count). The van der Waals surface area contributed by atoms with Gasteiger partial charge in [0.1, 0.15) is 5.82 Å². The van der Waals surface area contributed by atoms with Crippen LogP contribution in [0, 0.1) is 5.82 Å². The summed E-state index contributed by atoms with van der Waals surface area (Å²) in [7, 11) is 0. The second-order valence-electron chi connectivity index (χ2n) is 3.91. The van der Waals surface area contributed by atoms with Gasteiger partial charge in [0.15, 0.2) is 5.78 Å². The van der Waals surface area contributed by atoms with Crippen LogP contribution in [0.3, 0.4) is 0 Å². The molecule has 0 radical (unpaired) electrons. The van der Waals surface area contributed by atoms with Gasteiger partial charge >= 0.3 is 0 Å². The minimum absolute atomic E-state index is 0.123. The molecule has 0 heterocycles. The molecule has 0 bridgehead atoms. The summed E-state index contributed by atoms with van der Waals surface area (Å²) in [4.78, 5) is 11.8. The Morgan fingerprint density at radius 1 is 1.35 bits per heavy atom. The third-order valence-electron chi connectivity index (χ3n) is 2.56. The topological polar surface area (TPSA) is 17.1 Å². The fourth-order valence-electron chi connectivity index (χ4n) is 1.60. The van der Waals surface area contributed by atoms with Crippen LogP contribution >= 0.6 is 15.9 Å². The molecule has 1 aromatic carbocycles. The molecule has 0 N–H and O–H groups in total. The first-order chi connectivity index (χ1) is 8.16. The smallest absolute Gasteiger partial charge is 0.165 e. The summed E-state index contributed by atoms with van der Waals surface area (Å²) in [5, 5.41) is 0. The van der Waals surface area contributed by atoms with Gasteiger partial charge in [-0.3, -0.25) is 4.79 Å². The van der Waals surface area contributed by atoms with Crippen molar-refractivity contribution in [2.45, 2.75) is 32.1 Å². The SMILES string of the molecule is C=CCCCCCC(=O)c1cccc(Br)c1F. The predicted octanol–water partition coefficient (Wildman–Crippen LogP) is 4.91. The van der Waals surface area contributed by atoms with Gasteiger partial charge in [-0.2, -0.15) is 0 Å². The van der Waals surface area contributed by atoms with Crippen molar-refractivity contribution in [3.05, 3.63) is 46.7 Å². The van der Waals surface area contributed by atoms with Gasteiger partial charge in [-0.25, -0.2) is 4.39 Å². The Balaban J connectivity index is 2.47. The minimum atomic E-state index is -0.455. The van der Waals surface area contributed by atoms with Gasteiger partial charge in [0.25, 0.3) is 0 Å². The molecule has 0 unspecified atom stereocenters. The lowest BCUT2D eigenvalue weighted by Crippen LogP contribution is -2.02. The summed E-state index contributed by atoms with van der Waals surface area (Å²) < 4.78 is 13.9. The zero-order chi connectivity index (χ0) is 12.7. The van der Waals surface area contributed by atoms with Crippen LogP contribution in [0.5, 0.6) is 0 Å². The van der Waals surface area contributed by atoms with E-state index < -0.39 is 5.82 Å². The predicted molar refractivity (Wildman–Crippen MR) is 71.7 cm³/mol. The standard InChI is InChI=1S/C14H16BrFO/c1-2-3-4-5-6-10-13(17)11-8-7-9-12(15)14(11)16/h2,7-9H,1,3-6,10H2. The van der Waals surface area contributed by atoms with E-state index in [1.54, 1.807) is 12.1 Å². The molecular weight excluding hydrogens is 283 g/mol. The highest BCUT2D eigenvalue weighted by Crippen LogP contribution is 2.20. The number of benzene rings is 1. The average molecular weight is 299 g/mol. The van der Waals surface area contributed by atoms with Crippen LogP contribution < -0.4 is 0 Å². The normalized spacial score (nSPS) is 10.2. The van der Waals surface area contributed by atoms with E-state index in [2.05, 4.69) is 22.5 Å². The third-order valence-corrected chi connectivity index (χ3v) is 3.18. The Labute approximate surface area is 110 Å². The van der Waals surface area contributed by atoms with Crippen molar-refractivity contribution in [2.24, 2.45) is 0 Å². The summed E-state index contributed by atoms with van der Waals surface area (Å²) in [5.74, 6) is -0.578. The van der Waals surface area contributed by atoms with Gasteiger partial charge in [0.2, 0.25) is 0 Å². The second kappa shape index (κ2) is 7.38. The lowest BCUT2D eigenvalue weighted by Gasteiger charge is -2.03. The molecular formula is C14H16BrFO. The lowest BCUT2D eigenvalue weighted by atomic mass is 10.0. The Morgan fingerprint density at radius 2 is 2.12 bits per heavy atom. The molecule has 3 heteroatoms. The van der Waals surface area contributed by atoms with E-state index in [9.17, 15) is 9.18 Å². The number of hydrogen-bond acceptors (Lipinski definition) is 1. The first-order valence-electron chi connectivity index (χ1n) is 5.75. The van der Waals surface area contributed by atoms with E-state index in [0.717, 1.165) is 25.7 Å². The largest absolute Gasteiger partial charge is 0.294 e. The van der Waals surface area contributed by atoms with Crippen molar-refractivity contribution < 1.29 is 9.18 Å². The van der Waals surface area contributed by atoms with Gasteiger partial charge in [-0.15, -0.1) is 6.58 Å². The van der Waals surface area contributed by atoms with Crippen LogP contribution in [0.25, 0.3) is 0 Å². The van der Waals surface area contributed by atoms with Crippen molar-refractivity contribution in [3.63, 3.8) is 0 Å². The molecule has 0 fully saturated rings. The molecule has 0 atom stereocenters. The Kier molecular flexibility index (Phi) is 6.12. The number of ketones is 1. The summed E-state index contributed by atoms with van der Waals surface area (Å²) in [6, 6.07) is 4.81. The highest BCUT2D eigenvalue weighted by atomic mass is 79.9. The van der Waals surface area contributed by atoms with Crippen LogP contribution in [0.1, 0.15) is 42.5 Å². The first kappa shape index (κ1) is 14.1. The number of carbonyl (C=O) groups excluding carboxylic acids is 1. The van der Waals surface area contributed by atoms with E-state index in [1.807, 2.05) is 6.08 Å². The van der Waals surface area contributed by atoms with E-state index >= 15 is 0 Å². The van der Waals surface area contributed by atoms with Crippen LogP contribution in [-0.2, 0) is 0 Å². The van der Waals surface area contributed by atoms with E-state index in [4.69, 9.17) is 0 Å². The van der Waals surface area contributed by atoms with Crippen LogP contribution in [0.15, 0.2) is 35.3 Å². The number of Topliss-reactive ketones (excluding diaryl/α,β-unsaturated/α-hetero) is 1. The van der Waals surface area contributed by atoms with Gasteiger partial charge in [-0.05, 0) is 47.3 Å². The third kappa shape index (κ3) is 4.43. The maximum absolute atomic E-state index is 13.6. The van der Waals surface area contributed by atoms with Gasteiger partial charge in [0.05, 0.1) is 10.0 Å². The molecule has 0 spiro atoms. The number of allylic oxidation sites excluding steroid dienone is 1. The van der Waals surface area contributed by atoms with E-state index in [-0.39, 0.29) is 11.3 Å². The zero-order valence-corrected chi connectivity index (χ0v) is 11.3. The number of unbranched alkanes of at least 4 members (excludes halogenated alkanes) is 3. The van der Waals surface area contributed by atoms with Crippen molar-refractivity contribution in [3.8, 4) is 0 Å². The Hall–Kier alpha value is -0.960. The van der Waals surface area contributed by atoms with Gasteiger partial charge in [0, 0.05) is 6.42 Å². The van der Waals surface area contributed by atoms with Crippen LogP contribution in [-0.4, -0.2) is 5.78 Å². The maximum atomic E-state index is 13.6. The second-order valence-corrected chi connectivity index (χ2v) is 4.77. The molecule has 17 heavy (non-hydrogen) atoms. The molecule has 0 amide bonds. The van der Waals surface area contributed by atoms with Gasteiger partial charge < -0.3 is 0 Å². The number of carbonyl (C=O) groups is 1. The number of rotatable bonds is 7. The molecule has 0 aromatic heterocycles. The number of hydrogen-bond donors (Lipinski definition) is 0. The van der Waals surface area contributed by atoms with Crippen molar-refractivity contribution >= 4 is 21.7 Å². The summed E-state index contributed by atoms with van der Waals surface area (Å²) in [6.45, 7) is 3.64. The molecule has 1 nitrogen and oxygen atoms in total. The monoisotopic (exact) mass is 298 g/mol. The molecule has 0 aliphatic heterocycles. The van der Waals surface area contributed by atoms with Crippen LogP contribution in [0.2, 0.25) is 0 Å². The summed E-state index contributed by atoms with van der Waals surface area (Å²) in [6.07, 6.45) is 6.07. The quantitative estimate of drug-likeness (QED) is 0.397. The summed E-state index contributed by atoms with van der Waals surface area (Å²) in [5.41, 5.74) is 0.183. The Bertz CT molecular complexity index is 401. The molecule has 0 saturated carbocycles. The van der Waals surface area contributed by atoms with Gasteiger partial charge in [-0.1, -0.05) is 18.6 Å². The van der Waals surface area contributed by atoms with Crippen molar-refractivity contribution in [2.75, 3.05) is 0 Å². The van der Waals surface area contributed by atoms with Crippen molar-refractivity contribution in [1.82, 2.24) is 0 Å². The summed E-state index contributed by atoms with van der Waals surface area (Å²) >= 11 is 3.08. The molecule has 0 saturated heterocycles. The van der Waals surface area contributed by atoms with Crippen molar-refractivity contribution in [1.29, 1.82) is 0 Å². The fraction of sp³-hybridized carbons (Fsp3) is 0.357. The molecule has 92 valence electrons. The Morgan fingerprint density at radius 3 is 2.82 bits per heavy atom. The lowest BCUT2D eigenvalue weighted by molar-refractivity contribution is 0.0975. The minimum Gasteiger partial charge on any atom is -0.294 e. The van der Waals surface area contributed by atoms with E-state index in [0.29, 0.717) is 10.9 Å². The molecule has 0 aliphatic rings. The fourth-order valence-corrected chi connectivity index (χ4v) is 1.97. The number of halogens is 2. The highest BCUT2D eigenvalue weighted by Gasteiger charge is 2.12. The average Bonchev–Trinajstić information content (AvgIpc) is 2.32. The first-order valence-corrected chi connectivity index (χ1v) is 6.54. The maximum Gasteiger partial charge on any atom is 0.165 e. The van der Waals surface area contributed by atoms with E-state index in [1.165, 1.54) is 6.07 Å². The highest BCUT2D eigenvalue weighted by molar-refractivity contribution is 9.10. The molecule has 0 aliphatic carbocycles. The molecule has 1 aromatic rings. The van der Waals surface area contributed by atoms with Crippen LogP contribution in [0.4, 0.5) is 4.39 Å². The zero-order valence-electron chi connectivity index (χ0n) is 9.72.